The molecule has 30 heavy (non-hydrogen) atoms. The average molecular weight is 396 g/mol. The largest absolute Gasteiger partial charge is 0.504 e. The van der Waals surface area contributed by atoms with E-state index in [4.69, 9.17) is 8.83 Å². The van der Waals surface area contributed by atoms with E-state index in [9.17, 15) is 14.7 Å². The van der Waals surface area contributed by atoms with Crippen LogP contribution in [0.15, 0.2) is 86.4 Å². The number of phenolic OH excluding ortho intramolecular Hbond substituents is 1. The van der Waals surface area contributed by atoms with Crippen LogP contribution in [0.2, 0.25) is 0 Å². The number of benzene rings is 3. The van der Waals surface area contributed by atoms with Crippen LogP contribution in [0.1, 0.15) is 21.7 Å². The topological polar surface area (TPSA) is 80.7 Å². The molecule has 0 unspecified atom stereocenters. The average Bonchev–Trinajstić information content (AvgIpc) is 3.17. The second-order valence-corrected chi connectivity index (χ2v) is 7.09. The van der Waals surface area contributed by atoms with E-state index in [1.54, 1.807) is 31.2 Å². The van der Waals surface area contributed by atoms with Crippen LogP contribution >= 0.6 is 0 Å². The molecule has 2 heterocycles. The van der Waals surface area contributed by atoms with Crippen molar-refractivity contribution in [2.24, 2.45) is 0 Å². The summed E-state index contributed by atoms with van der Waals surface area (Å²) in [6.45, 7) is 1.77. The molecule has 3 aromatic carbocycles. The monoisotopic (exact) mass is 396 g/mol. The standard InChI is InChI=1S/C25H16O5/c1-14-12-19(27)29-23-17(14)13-18(26)24-21(23)20(15-8-4-2-5-9-15)25(30-24)22(28)16-10-6-3-7-11-16/h2-13,26H,1H3. The molecule has 0 radical (unpaired) electrons. The Labute approximate surface area is 170 Å². The number of hydrogen-bond donors (Lipinski definition) is 1. The van der Waals surface area contributed by atoms with Crippen LogP contribution in [0.3, 0.4) is 0 Å². The van der Waals surface area contributed by atoms with Gasteiger partial charge in [-0.2, -0.15) is 0 Å². The number of rotatable bonds is 3. The Morgan fingerprint density at radius 3 is 2.23 bits per heavy atom. The van der Waals surface area contributed by atoms with Gasteiger partial charge >= 0.3 is 5.63 Å². The van der Waals surface area contributed by atoms with Crippen molar-refractivity contribution in [2.45, 2.75) is 6.92 Å². The molecule has 0 atom stereocenters. The molecule has 0 saturated heterocycles. The minimum Gasteiger partial charge on any atom is -0.504 e. The van der Waals surface area contributed by atoms with Gasteiger partial charge in [-0.25, -0.2) is 4.79 Å². The van der Waals surface area contributed by atoms with E-state index < -0.39 is 5.63 Å². The van der Waals surface area contributed by atoms with Crippen molar-refractivity contribution >= 4 is 27.7 Å². The van der Waals surface area contributed by atoms with Crippen LogP contribution in [-0.2, 0) is 0 Å². The molecule has 0 aliphatic heterocycles. The number of phenols is 1. The highest BCUT2D eigenvalue weighted by Crippen LogP contribution is 2.44. The smallest absolute Gasteiger partial charge is 0.336 e. The van der Waals surface area contributed by atoms with Crippen LogP contribution in [0.25, 0.3) is 33.1 Å². The molecule has 0 aliphatic rings. The summed E-state index contributed by atoms with van der Waals surface area (Å²) < 4.78 is 11.5. The molecule has 0 bridgehead atoms. The fourth-order valence-electron chi connectivity index (χ4n) is 3.77. The Kier molecular flexibility index (Phi) is 4.03. The summed E-state index contributed by atoms with van der Waals surface area (Å²) in [6, 6.07) is 20.9. The number of carbonyl (C=O) groups is 1. The Morgan fingerprint density at radius 1 is 0.867 bits per heavy atom. The van der Waals surface area contributed by atoms with E-state index in [2.05, 4.69) is 0 Å². The van der Waals surface area contributed by atoms with E-state index in [1.807, 2.05) is 36.4 Å². The molecule has 5 heteroatoms. The quantitative estimate of drug-likeness (QED) is 0.324. The molecule has 2 aromatic heterocycles. The van der Waals surface area contributed by atoms with E-state index in [0.29, 0.717) is 33.0 Å². The summed E-state index contributed by atoms with van der Waals surface area (Å²) in [7, 11) is 0. The van der Waals surface area contributed by atoms with Crippen LogP contribution in [0, 0.1) is 6.92 Å². The molecule has 0 fully saturated rings. The van der Waals surface area contributed by atoms with Gasteiger partial charge in [-0.05, 0) is 24.1 Å². The van der Waals surface area contributed by atoms with E-state index in [1.165, 1.54) is 12.1 Å². The number of ketones is 1. The zero-order valence-electron chi connectivity index (χ0n) is 16.0. The van der Waals surface area contributed by atoms with Crippen molar-refractivity contribution in [3.8, 4) is 16.9 Å². The van der Waals surface area contributed by atoms with Crippen LogP contribution in [0.5, 0.6) is 5.75 Å². The van der Waals surface area contributed by atoms with Crippen LogP contribution < -0.4 is 5.63 Å². The lowest BCUT2D eigenvalue weighted by atomic mass is 9.96. The Bertz CT molecular complexity index is 1480. The first-order valence-electron chi connectivity index (χ1n) is 9.42. The second kappa shape index (κ2) is 6.74. The number of aromatic hydroxyl groups is 1. The first-order valence-corrected chi connectivity index (χ1v) is 9.42. The zero-order chi connectivity index (χ0) is 20.8. The molecular formula is C25H16O5. The molecule has 146 valence electrons. The molecule has 0 spiro atoms. The van der Waals surface area contributed by atoms with Gasteiger partial charge in [0.2, 0.25) is 5.78 Å². The third-order valence-corrected chi connectivity index (χ3v) is 5.16. The van der Waals surface area contributed by atoms with Gasteiger partial charge in [-0.3, -0.25) is 4.79 Å². The maximum absolute atomic E-state index is 13.3. The lowest BCUT2D eigenvalue weighted by Crippen LogP contribution is -2.01. The predicted octanol–water partition coefficient (Wildman–Crippen LogP) is 5.45. The Balaban J connectivity index is 1.97. The van der Waals surface area contributed by atoms with Crippen LogP contribution in [0.4, 0.5) is 0 Å². The van der Waals surface area contributed by atoms with Crippen LogP contribution in [-0.4, -0.2) is 10.9 Å². The normalized spacial score (nSPS) is 11.2. The van der Waals surface area contributed by atoms with Gasteiger partial charge in [0.15, 0.2) is 22.7 Å². The van der Waals surface area contributed by atoms with Gasteiger partial charge < -0.3 is 13.9 Å². The molecular weight excluding hydrogens is 380 g/mol. The third-order valence-electron chi connectivity index (χ3n) is 5.16. The maximum Gasteiger partial charge on any atom is 0.336 e. The first kappa shape index (κ1) is 17.9. The molecule has 0 saturated carbocycles. The maximum atomic E-state index is 13.3. The predicted molar refractivity (Wildman–Crippen MR) is 114 cm³/mol. The summed E-state index contributed by atoms with van der Waals surface area (Å²) in [5.74, 6) is -0.374. The van der Waals surface area contributed by atoms with Crippen molar-refractivity contribution in [3.05, 3.63) is 100 Å². The lowest BCUT2D eigenvalue weighted by molar-refractivity contribution is 0.101. The summed E-state index contributed by atoms with van der Waals surface area (Å²) in [5, 5.41) is 11.7. The summed E-state index contributed by atoms with van der Waals surface area (Å²) in [4.78, 5) is 25.4. The van der Waals surface area contributed by atoms with E-state index in [-0.39, 0.29) is 28.5 Å². The fourth-order valence-corrected chi connectivity index (χ4v) is 3.77. The molecule has 0 amide bonds. The summed E-state index contributed by atoms with van der Waals surface area (Å²) in [5.41, 5.74) is 2.19. The van der Waals surface area contributed by atoms with Crippen molar-refractivity contribution in [1.29, 1.82) is 0 Å². The number of carbonyl (C=O) groups excluding carboxylic acids is 1. The minimum absolute atomic E-state index is 0.0781. The summed E-state index contributed by atoms with van der Waals surface area (Å²) in [6.07, 6.45) is 0. The number of aryl methyl sites for hydroxylation is 1. The van der Waals surface area contributed by atoms with Crippen molar-refractivity contribution in [1.82, 2.24) is 0 Å². The molecule has 5 nitrogen and oxygen atoms in total. The highest BCUT2D eigenvalue weighted by atomic mass is 16.4. The van der Waals surface area contributed by atoms with Gasteiger partial charge in [0.25, 0.3) is 0 Å². The van der Waals surface area contributed by atoms with Gasteiger partial charge in [-0.15, -0.1) is 0 Å². The zero-order valence-corrected chi connectivity index (χ0v) is 16.0. The van der Waals surface area contributed by atoms with Gasteiger partial charge in [-0.1, -0.05) is 60.7 Å². The SMILES string of the molecule is Cc1cc(=O)oc2c1cc(O)c1oc(C(=O)c3ccccc3)c(-c3ccccc3)c12. The van der Waals surface area contributed by atoms with Crippen molar-refractivity contribution in [3.63, 3.8) is 0 Å². The van der Waals surface area contributed by atoms with E-state index in [0.717, 1.165) is 0 Å². The number of furan rings is 1. The molecule has 1 N–H and O–H groups in total. The highest BCUT2D eigenvalue weighted by Gasteiger charge is 2.27. The number of hydrogen-bond acceptors (Lipinski definition) is 5. The minimum atomic E-state index is -0.511. The lowest BCUT2D eigenvalue weighted by Gasteiger charge is -2.06. The molecule has 0 aliphatic carbocycles. The fraction of sp³-hybridized carbons (Fsp3) is 0.0400. The Hall–Kier alpha value is -4.12. The van der Waals surface area contributed by atoms with E-state index >= 15 is 0 Å². The van der Waals surface area contributed by atoms with Crippen molar-refractivity contribution in [2.75, 3.05) is 0 Å². The van der Waals surface area contributed by atoms with Gasteiger partial charge in [0.05, 0.1) is 5.39 Å². The highest BCUT2D eigenvalue weighted by molar-refractivity contribution is 6.21. The molecule has 5 aromatic rings. The Morgan fingerprint density at radius 2 is 1.53 bits per heavy atom. The third kappa shape index (κ3) is 2.71. The molecule has 5 rings (SSSR count). The first-order chi connectivity index (χ1) is 14.5. The number of fused-ring (bicyclic) bond motifs is 3. The van der Waals surface area contributed by atoms with Gasteiger partial charge in [0, 0.05) is 22.6 Å². The van der Waals surface area contributed by atoms with Gasteiger partial charge in [0.1, 0.15) is 0 Å². The van der Waals surface area contributed by atoms with Crippen molar-refractivity contribution < 1.29 is 18.7 Å². The second-order valence-electron chi connectivity index (χ2n) is 7.09. The summed E-state index contributed by atoms with van der Waals surface area (Å²) >= 11 is 0.